The van der Waals surface area contributed by atoms with Crippen LogP contribution in [0.5, 0.6) is 5.75 Å². The van der Waals surface area contributed by atoms with Crippen molar-refractivity contribution in [3.8, 4) is 11.8 Å². The third kappa shape index (κ3) is 4.81. The molecular weight excluding hydrogens is 382 g/mol. The van der Waals surface area contributed by atoms with E-state index in [9.17, 15) is 14.9 Å². The number of carbonyl (C=O) groups excluding carboxylic acids is 2. The highest BCUT2D eigenvalue weighted by atomic mass is 35.5. The van der Waals surface area contributed by atoms with E-state index in [0.29, 0.717) is 16.5 Å². The van der Waals surface area contributed by atoms with Crippen molar-refractivity contribution in [3.63, 3.8) is 0 Å². The number of amides is 1. The molecular formula is C20H18ClN3O4. The van der Waals surface area contributed by atoms with Gasteiger partial charge in [0.1, 0.15) is 17.4 Å². The zero-order valence-corrected chi connectivity index (χ0v) is 16.3. The number of halogens is 1. The number of anilines is 2. The van der Waals surface area contributed by atoms with Gasteiger partial charge in [-0.05, 0) is 30.7 Å². The lowest BCUT2D eigenvalue weighted by Crippen LogP contribution is -2.17. The summed E-state index contributed by atoms with van der Waals surface area (Å²) in [5.41, 5.74) is 1.56. The number of aryl methyl sites for hydroxylation is 1. The second-order valence-electron chi connectivity index (χ2n) is 5.61. The molecule has 1 amide bonds. The van der Waals surface area contributed by atoms with Crippen molar-refractivity contribution in [1.82, 2.24) is 0 Å². The number of benzene rings is 2. The molecule has 0 aliphatic heterocycles. The van der Waals surface area contributed by atoms with Gasteiger partial charge in [0.2, 0.25) is 0 Å². The van der Waals surface area contributed by atoms with Crippen LogP contribution in [0.2, 0.25) is 5.02 Å². The molecule has 0 heterocycles. The highest BCUT2D eigenvalue weighted by Crippen LogP contribution is 2.31. The fraction of sp³-hybridized carbons (Fsp3) is 0.150. The highest BCUT2D eigenvalue weighted by molar-refractivity contribution is 6.31. The highest BCUT2D eigenvalue weighted by Gasteiger charge is 2.16. The number of ether oxygens (including phenoxy) is 2. The summed E-state index contributed by atoms with van der Waals surface area (Å²) in [4.78, 5) is 24.3. The predicted octanol–water partition coefficient (Wildman–Crippen LogP) is 3.90. The number of hydrogen-bond acceptors (Lipinski definition) is 6. The van der Waals surface area contributed by atoms with Crippen molar-refractivity contribution in [3.05, 3.63) is 64.3 Å². The molecule has 0 aliphatic carbocycles. The Hall–Kier alpha value is -3.50. The molecule has 0 spiro atoms. The van der Waals surface area contributed by atoms with Crippen molar-refractivity contribution < 1.29 is 19.1 Å². The molecule has 0 unspecified atom stereocenters. The number of carbonyl (C=O) groups is 2. The van der Waals surface area contributed by atoms with Gasteiger partial charge >= 0.3 is 5.97 Å². The van der Waals surface area contributed by atoms with Crippen molar-refractivity contribution in [2.45, 2.75) is 6.92 Å². The number of nitriles is 1. The molecule has 0 aromatic heterocycles. The summed E-state index contributed by atoms with van der Waals surface area (Å²) in [5.74, 6) is -0.825. The summed E-state index contributed by atoms with van der Waals surface area (Å²) < 4.78 is 9.94. The van der Waals surface area contributed by atoms with Crippen LogP contribution < -0.4 is 15.4 Å². The van der Waals surface area contributed by atoms with Crippen LogP contribution in [0.1, 0.15) is 15.9 Å². The SMILES string of the molecule is COC(=O)c1ccccc1NC(=O)/C(C#N)=C\Nc1cc(C)c(Cl)cc1OC. The monoisotopic (exact) mass is 399 g/mol. The number of methoxy groups -OCH3 is 2. The molecule has 2 rings (SSSR count). The van der Waals surface area contributed by atoms with Crippen LogP contribution in [-0.4, -0.2) is 26.1 Å². The van der Waals surface area contributed by atoms with Gasteiger partial charge in [0.15, 0.2) is 0 Å². The molecule has 8 heteroatoms. The first-order chi connectivity index (χ1) is 13.4. The molecule has 2 N–H and O–H groups in total. The van der Waals surface area contributed by atoms with Crippen LogP contribution in [0.25, 0.3) is 0 Å². The van der Waals surface area contributed by atoms with Gasteiger partial charge in [0.25, 0.3) is 5.91 Å². The van der Waals surface area contributed by atoms with E-state index in [2.05, 4.69) is 10.6 Å². The van der Waals surface area contributed by atoms with Crippen LogP contribution in [0.15, 0.2) is 48.2 Å². The minimum atomic E-state index is -0.684. The van der Waals surface area contributed by atoms with Crippen molar-refractivity contribution in [2.75, 3.05) is 24.9 Å². The fourth-order valence-corrected chi connectivity index (χ4v) is 2.47. The van der Waals surface area contributed by atoms with Crippen molar-refractivity contribution in [2.24, 2.45) is 0 Å². The third-order valence-electron chi connectivity index (χ3n) is 3.80. The number of esters is 1. The third-order valence-corrected chi connectivity index (χ3v) is 4.21. The maximum atomic E-state index is 12.5. The number of nitrogens with one attached hydrogen (secondary N) is 2. The van der Waals surface area contributed by atoms with Crippen LogP contribution in [0.3, 0.4) is 0 Å². The van der Waals surface area contributed by atoms with E-state index in [4.69, 9.17) is 21.1 Å². The van der Waals surface area contributed by atoms with E-state index in [0.717, 1.165) is 5.56 Å². The van der Waals surface area contributed by atoms with Crippen LogP contribution in [0.4, 0.5) is 11.4 Å². The molecule has 0 aliphatic rings. The molecule has 0 bridgehead atoms. The molecule has 144 valence electrons. The minimum Gasteiger partial charge on any atom is -0.495 e. The summed E-state index contributed by atoms with van der Waals surface area (Å²) in [6, 6.07) is 11.5. The smallest absolute Gasteiger partial charge is 0.339 e. The lowest BCUT2D eigenvalue weighted by atomic mass is 10.1. The van der Waals surface area contributed by atoms with Gasteiger partial charge in [0, 0.05) is 17.3 Å². The Bertz CT molecular complexity index is 980. The topological polar surface area (TPSA) is 100 Å². The maximum absolute atomic E-state index is 12.5. The Morgan fingerprint density at radius 3 is 2.54 bits per heavy atom. The lowest BCUT2D eigenvalue weighted by Gasteiger charge is -2.12. The first kappa shape index (κ1) is 20.8. The van der Waals surface area contributed by atoms with E-state index in [1.165, 1.54) is 32.6 Å². The molecule has 7 nitrogen and oxygen atoms in total. The van der Waals surface area contributed by atoms with Gasteiger partial charge in [-0.1, -0.05) is 23.7 Å². The molecule has 28 heavy (non-hydrogen) atoms. The zero-order valence-electron chi connectivity index (χ0n) is 15.5. The number of rotatable bonds is 6. The summed E-state index contributed by atoms with van der Waals surface area (Å²) in [6.45, 7) is 1.82. The van der Waals surface area contributed by atoms with Crippen LogP contribution >= 0.6 is 11.6 Å². The fourth-order valence-electron chi connectivity index (χ4n) is 2.31. The summed E-state index contributed by atoms with van der Waals surface area (Å²) in [6.07, 6.45) is 1.25. The minimum absolute atomic E-state index is 0.179. The maximum Gasteiger partial charge on any atom is 0.339 e. The Morgan fingerprint density at radius 2 is 1.89 bits per heavy atom. The molecule has 0 radical (unpaired) electrons. The van der Waals surface area contributed by atoms with E-state index in [1.807, 2.05) is 13.0 Å². The number of nitrogens with zero attached hydrogens (tertiary/aromatic N) is 1. The molecule has 2 aromatic carbocycles. The van der Waals surface area contributed by atoms with E-state index in [1.54, 1.807) is 24.3 Å². The van der Waals surface area contributed by atoms with Gasteiger partial charge in [-0.15, -0.1) is 0 Å². The van der Waals surface area contributed by atoms with Gasteiger partial charge in [0.05, 0.1) is 31.2 Å². The van der Waals surface area contributed by atoms with E-state index < -0.39 is 11.9 Å². The molecule has 0 saturated carbocycles. The molecule has 0 fully saturated rings. The normalized spacial score (nSPS) is 10.6. The van der Waals surface area contributed by atoms with E-state index in [-0.39, 0.29) is 16.8 Å². The summed E-state index contributed by atoms with van der Waals surface area (Å²) in [5, 5.41) is 15.3. The first-order valence-electron chi connectivity index (χ1n) is 8.10. The Balaban J connectivity index is 2.25. The average molecular weight is 400 g/mol. The molecule has 0 atom stereocenters. The number of hydrogen-bond donors (Lipinski definition) is 2. The molecule has 2 aromatic rings. The quantitative estimate of drug-likeness (QED) is 0.434. The Labute approximate surface area is 167 Å². The van der Waals surface area contributed by atoms with Crippen LogP contribution in [0, 0.1) is 18.3 Å². The zero-order chi connectivity index (χ0) is 20.7. The largest absolute Gasteiger partial charge is 0.495 e. The standard InChI is InChI=1S/C20H18ClN3O4/c1-12-8-17(18(27-2)9-15(12)21)23-11-13(10-22)19(25)24-16-7-5-4-6-14(16)20(26)28-3/h4-9,11,23H,1-3H3,(H,24,25)/b13-11-. The van der Waals surface area contributed by atoms with Crippen LogP contribution in [-0.2, 0) is 9.53 Å². The first-order valence-corrected chi connectivity index (χ1v) is 8.48. The second-order valence-corrected chi connectivity index (χ2v) is 6.01. The summed E-state index contributed by atoms with van der Waals surface area (Å²) >= 11 is 6.07. The predicted molar refractivity (Wildman–Crippen MR) is 106 cm³/mol. The van der Waals surface area contributed by atoms with Gasteiger partial charge in [-0.3, -0.25) is 4.79 Å². The summed E-state index contributed by atoms with van der Waals surface area (Å²) in [7, 11) is 2.73. The second kappa shape index (κ2) is 9.44. The van der Waals surface area contributed by atoms with E-state index >= 15 is 0 Å². The van der Waals surface area contributed by atoms with Gasteiger partial charge < -0.3 is 20.1 Å². The Kier molecular flexibility index (Phi) is 7.02. The van der Waals surface area contributed by atoms with Crippen molar-refractivity contribution in [1.29, 1.82) is 5.26 Å². The lowest BCUT2D eigenvalue weighted by molar-refractivity contribution is -0.112. The Morgan fingerprint density at radius 1 is 1.18 bits per heavy atom. The molecule has 0 saturated heterocycles. The van der Waals surface area contributed by atoms with Crippen molar-refractivity contribution >= 4 is 34.9 Å². The van der Waals surface area contributed by atoms with Gasteiger partial charge in [-0.25, -0.2) is 4.79 Å². The average Bonchev–Trinajstić information content (AvgIpc) is 2.70. The number of para-hydroxylation sites is 1. The van der Waals surface area contributed by atoms with Gasteiger partial charge in [-0.2, -0.15) is 5.26 Å².